The molecule has 0 fully saturated rings. The number of anilines is 4. The molecule has 3 N–H and O–H groups in total. The third-order valence-electron chi connectivity index (χ3n) is 3.52. The molecule has 8 nitrogen and oxygen atoms in total. The summed E-state index contributed by atoms with van der Waals surface area (Å²) in [7, 11) is 0. The second kappa shape index (κ2) is 7.58. The molecule has 0 aliphatic carbocycles. The highest BCUT2D eigenvalue weighted by atomic mass is 32.1. The average molecular weight is 385 g/mol. The van der Waals surface area contributed by atoms with Crippen LogP contribution in [0.4, 0.5) is 22.5 Å². The van der Waals surface area contributed by atoms with Crippen LogP contribution in [-0.2, 0) is 4.79 Å². The van der Waals surface area contributed by atoms with Crippen LogP contribution in [0.2, 0.25) is 0 Å². The average Bonchev–Trinajstić information content (AvgIpc) is 3.08. The molecular weight excluding hydrogens is 366 g/mol. The number of carbonyl (C=O) groups is 1. The summed E-state index contributed by atoms with van der Waals surface area (Å²) in [6.07, 6.45) is 1.72. The number of hydrogen-bond donors (Lipinski definition) is 3. The van der Waals surface area contributed by atoms with Crippen LogP contribution in [0, 0.1) is 6.92 Å². The summed E-state index contributed by atoms with van der Waals surface area (Å²) in [5, 5.41) is 18.1. The Morgan fingerprint density at radius 3 is 2.41 bits per heavy atom. The maximum atomic E-state index is 11.1. The van der Waals surface area contributed by atoms with Crippen molar-refractivity contribution in [3.05, 3.63) is 47.7 Å². The van der Waals surface area contributed by atoms with Gasteiger partial charge in [-0.3, -0.25) is 0 Å². The Labute approximate surface area is 160 Å². The molecule has 9 heteroatoms. The fourth-order valence-electron chi connectivity index (χ4n) is 2.18. The van der Waals surface area contributed by atoms with Crippen LogP contribution in [0.5, 0.6) is 5.75 Å². The summed E-state index contributed by atoms with van der Waals surface area (Å²) in [6, 6.07) is 8.77. The van der Waals surface area contributed by atoms with Crippen LogP contribution in [0.15, 0.2) is 41.9 Å². The Hall–Kier alpha value is -3.20. The highest BCUT2D eigenvalue weighted by Gasteiger charge is 2.29. The first-order valence-corrected chi connectivity index (χ1v) is 9.01. The van der Waals surface area contributed by atoms with Crippen LogP contribution in [0.3, 0.4) is 0 Å². The lowest BCUT2D eigenvalue weighted by Gasteiger charge is -2.21. The number of nitrogens with zero attached hydrogens (tertiary/aromatic N) is 3. The quantitative estimate of drug-likeness (QED) is 0.560. The van der Waals surface area contributed by atoms with Crippen molar-refractivity contribution >= 4 is 39.8 Å². The fourth-order valence-corrected chi connectivity index (χ4v) is 2.72. The molecule has 0 atom stereocenters. The number of aliphatic carboxylic acids is 1. The van der Waals surface area contributed by atoms with E-state index < -0.39 is 11.6 Å². The van der Waals surface area contributed by atoms with Gasteiger partial charge in [0.1, 0.15) is 23.2 Å². The number of nitrogens with one attached hydrogen (secondary N) is 2. The molecule has 0 bridgehead atoms. The SMILES string of the molecule is Cc1nc(Nc2ccc(OC(C)(C)C(=O)O)cc2)cc(Nc2nccs2)n1. The van der Waals surface area contributed by atoms with Gasteiger partial charge in [-0.15, -0.1) is 11.3 Å². The van der Waals surface area contributed by atoms with E-state index in [1.165, 1.54) is 25.2 Å². The van der Waals surface area contributed by atoms with Crippen molar-refractivity contribution in [1.82, 2.24) is 15.0 Å². The lowest BCUT2D eigenvalue weighted by Crippen LogP contribution is -2.37. The van der Waals surface area contributed by atoms with Crippen LogP contribution < -0.4 is 15.4 Å². The molecule has 3 rings (SSSR count). The third-order valence-corrected chi connectivity index (χ3v) is 4.21. The lowest BCUT2D eigenvalue weighted by molar-refractivity contribution is -0.152. The van der Waals surface area contributed by atoms with Crippen LogP contribution >= 0.6 is 11.3 Å². The smallest absolute Gasteiger partial charge is 0.347 e. The highest BCUT2D eigenvalue weighted by molar-refractivity contribution is 7.13. The standard InChI is InChI=1S/C18H19N5O3S/c1-11-20-14(10-15(21-11)23-17-19-8-9-27-17)22-12-4-6-13(7-5-12)26-18(2,3)16(24)25/h4-10H,1-3H3,(H,24,25)(H2,19,20,21,22,23). The van der Waals surface area contributed by atoms with E-state index in [0.717, 1.165) is 10.8 Å². The zero-order valence-corrected chi connectivity index (χ0v) is 15.9. The first-order chi connectivity index (χ1) is 12.8. The van der Waals surface area contributed by atoms with Gasteiger partial charge in [-0.2, -0.15) is 0 Å². The van der Waals surface area contributed by atoms with Gasteiger partial charge in [0.05, 0.1) is 0 Å². The molecule has 0 saturated heterocycles. The van der Waals surface area contributed by atoms with E-state index in [0.29, 0.717) is 23.2 Å². The molecule has 1 aromatic carbocycles. The van der Waals surface area contributed by atoms with E-state index in [4.69, 9.17) is 9.84 Å². The minimum absolute atomic E-state index is 0.470. The topological polar surface area (TPSA) is 109 Å². The molecule has 0 aliphatic rings. The molecule has 0 unspecified atom stereocenters. The molecule has 27 heavy (non-hydrogen) atoms. The summed E-state index contributed by atoms with van der Waals surface area (Å²) >= 11 is 1.48. The Morgan fingerprint density at radius 2 is 1.81 bits per heavy atom. The van der Waals surface area contributed by atoms with Gasteiger partial charge in [0, 0.05) is 23.3 Å². The molecule has 0 saturated carbocycles. The molecule has 0 amide bonds. The van der Waals surface area contributed by atoms with Gasteiger partial charge in [0.25, 0.3) is 0 Å². The van der Waals surface area contributed by atoms with Gasteiger partial charge < -0.3 is 20.5 Å². The number of carboxylic acid groups (broad SMARTS) is 1. The monoisotopic (exact) mass is 385 g/mol. The number of carboxylic acids is 1. The normalized spacial score (nSPS) is 11.1. The fraction of sp³-hybridized carbons (Fsp3) is 0.222. The van der Waals surface area contributed by atoms with Crippen molar-refractivity contribution in [2.75, 3.05) is 10.6 Å². The van der Waals surface area contributed by atoms with E-state index in [9.17, 15) is 4.79 Å². The third kappa shape index (κ3) is 4.91. The molecule has 2 heterocycles. The van der Waals surface area contributed by atoms with E-state index in [2.05, 4.69) is 25.6 Å². The summed E-state index contributed by atoms with van der Waals surface area (Å²) in [5.74, 6) is 1.32. The maximum absolute atomic E-state index is 11.1. The molecule has 140 valence electrons. The molecule has 0 spiro atoms. The molecule has 2 aromatic heterocycles. The van der Waals surface area contributed by atoms with Gasteiger partial charge in [-0.1, -0.05) is 0 Å². The maximum Gasteiger partial charge on any atom is 0.347 e. The predicted octanol–water partition coefficient (Wildman–Crippen LogP) is 3.97. The second-order valence-corrected chi connectivity index (χ2v) is 7.11. The van der Waals surface area contributed by atoms with Crippen molar-refractivity contribution in [2.45, 2.75) is 26.4 Å². The van der Waals surface area contributed by atoms with Gasteiger partial charge >= 0.3 is 5.97 Å². The largest absolute Gasteiger partial charge is 0.478 e. The Kier molecular flexibility index (Phi) is 5.22. The van der Waals surface area contributed by atoms with Crippen LogP contribution in [0.25, 0.3) is 0 Å². The van der Waals surface area contributed by atoms with Gasteiger partial charge in [0.15, 0.2) is 10.7 Å². The number of hydrogen-bond acceptors (Lipinski definition) is 8. The zero-order chi connectivity index (χ0) is 19.4. The predicted molar refractivity (Wildman–Crippen MR) is 104 cm³/mol. The lowest BCUT2D eigenvalue weighted by atomic mass is 10.1. The zero-order valence-electron chi connectivity index (χ0n) is 15.1. The molecule has 0 aliphatic heterocycles. The first kappa shape index (κ1) is 18.6. The number of benzene rings is 1. The van der Waals surface area contributed by atoms with E-state index >= 15 is 0 Å². The van der Waals surface area contributed by atoms with Crippen molar-refractivity contribution in [2.24, 2.45) is 0 Å². The summed E-state index contributed by atoms with van der Waals surface area (Å²) in [5.41, 5.74) is -0.511. The van der Waals surface area contributed by atoms with E-state index in [1.807, 2.05) is 12.3 Å². The highest BCUT2D eigenvalue weighted by Crippen LogP contribution is 2.24. The summed E-state index contributed by atoms with van der Waals surface area (Å²) in [4.78, 5) is 24.1. The van der Waals surface area contributed by atoms with Gasteiger partial charge in [-0.05, 0) is 45.0 Å². The Balaban J connectivity index is 1.71. The van der Waals surface area contributed by atoms with Crippen LogP contribution in [0.1, 0.15) is 19.7 Å². The number of rotatable bonds is 7. The van der Waals surface area contributed by atoms with Crippen molar-refractivity contribution < 1.29 is 14.6 Å². The minimum atomic E-state index is -1.30. The van der Waals surface area contributed by atoms with Gasteiger partial charge in [0.2, 0.25) is 0 Å². The minimum Gasteiger partial charge on any atom is -0.478 e. The number of aryl methyl sites for hydroxylation is 1. The number of thiazole rings is 1. The first-order valence-electron chi connectivity index (χ1n) is 8.13. The summed E-state index contributed by atoms with van der Waals surface area (Å²) in [6.45, 7) is 4.81. The van der Waals surface area contributed by atoms with Crippen LogP contribution in [-0.4, -0.2) is 31.6 Å². The Bertz CT molecular complexity index is 927. The Morgan fingerprint density at radius 1 is 1.15 bits per heavy atom. The van der Waals surface area contributed by atoms with Crippen molar-refractivity contribution in [3.8, 4) is 5.75 Å². The molecular formula is C18H19N5O3S. The van der Waals surface area contributed by atoms with E-state index in [-0.39, 0.29) is 0 Å². The van der Waals surface area contributed by atoms with E-state index in [1.54, 1.807) is 36.5 Å². The number of aromatic nitrogens is 3. The van der Waals surface area contributed by atoms with Gasteiger partial charge in [-0.25, -0.2) is 19.7 Å². The molecule has 0 radical (unpaired) electrons. The summed E-state index contributed by atoms with van der Waals surface area (Å²) < 4.78 is 5.50. The molecule has 3 aromatic rings. The van der Waals surface area contributed by atoms with Crippen molar-refractivity contribution in [1.29, 1.82) is 0 Å². The number of ether oxygens (including phenoxy) is 1. The second-order valence-electron chi connectivity index (χ2n) is 6.21. The van der Waals surface area contributed by atoms with Crippen molar-refractivity contribution in [3.63, 3.8) is 0 Å².